The molecule has 0 saturated carbocycles. The molecule has 0 aliphatic heterocycles. The van der Waals surface area contributed by atoms with Crippen molar-refractivity contribution in [1.82, 2.24) is 19.5 Å². The van der Waals surface area contributed by atoms with Gasteiger partial charge in [-0.05, 0) is 55.9 Å². The van der Waals surface area contributed by atoms with E-state index in [1.807, 2.05) is 13.0 Å². The molecule has 0 atom stereocenters. The third-order valence-corrected chi connectivity index (χ3v) is 6.93. The van der Waals surface area contributed by atoms with E-state index in [2.05, 4.69) is 39.7 Å². The number of nitrogens with zero attached hydrogens (tertiary/aromatic N) is 4. The Hall–Kier alpha value is -2.02. The number of hydrogen-bond acceptors (Lipinski definition) is 5. The van der Waals surface area contributed by atoms with Crippen LogP contribution in [0.5, 0.6) is 0 Å². The lowest BCUT2D eigenvalue weighted by atomic mass is 10.0. The third kappa shape index (κ3) is 4.15. The van der Waals surface area contributed by atoms with Crippen LogP contribution in [-0.4, -0.2) is 19.5 Å². The van der Waals surface area contributed by atoms with E-state index in [9.17, 15) is 0 Å². The average molecular weight is 446 g/mol. The fourth-order valence-electron chi connectivity index (χ4n) is 3.38. The van der Waals surface area contributed by atoms with Gasteiger partial charge in [-0.15, -0.1) is 0 Å². The van der Waals surface area contributed by atoms with Crippen LogP contribution in [0.3, 0.4) is 0 Å². The molecule has 1 aliphatic rings. The normalized spacial score (nSPS) is 14.2. The molecule has 2 heterocycles. The predicted octanol–water partition coefficient (Wildman–Crippen LogP) is 6.06. The van der Waals surface area contributed by atoms with E-state index >= 15 is 0 Å². The second-order valence-corrected chi connectivity index (χ2v) is 8.88. The summed E-state index contributed by atoms with van der Waals surface area (Å²) in [6.07, 6.45) is 8.58. The lowest BCUT2D eigenvalue weighted by Gasteiger charge is -2.14. The molecule has 0 fully saturated rings. The zero-order valence-corrected chi connectivity index (χ0v) is 18.6. The van der Waals surface area contributed by atoms with E-state index in [0.717, 1.165) is 61.7 Å². The van der Waals surface area contributed by atoms with Gasteiger partial charge in [0.2, 0.25) is 0 Å². The number of halogens is 2. The first-order valence-electron chi connectivity index (χ1n) is 9.40. The summed E-state index contributed by atoms with van der Waals surface area (Å²) in [5.74, 6) is 0.379. The number of imidazole rings is 1. The van der Waals surface area contributed by atoms with Crippen LogP contribution < -0.4 is 5.73 Å². The molecule has 2 aromatic heterocycles. The van der Waals surface area contributed by atoms with Crippen molar-refractivity contribution >= 4 is 51.9 Å². The molecular weight excluding hydrogens is 425 g/mol. The molecule has 4 rings (SSSR count). The van der Waals surface area contributed by atoms with Crippen molar-refractivity contribution in [2.75, 3.05) is 5.73 Å². The summed E-state index contributed by atoms with van der Waals surface area (Å²) in [5, 5.41) is 2.39. The van der Waals surface area contributed by atoms with Crippen molar-refractivity contribution in [3.05, 3.63) is 57.4 Å². The van der Waals surface area contributed by atoms with Gasteiger partial charge in [-0.1, -0.05) is 53.2 Å². The number of anilines is 1. The maximum Gasteiger partial charge on any atom is 0.175 e. The summed E-state index contributed by atoms with van der Waals surface area (Å²) >= 11 is 14.3. The number of rotatable bonds is 5. The van der Waals surface area contributed by atoms with Crippen LogP contribution in [0.1, 0.15) is 30.4 Å². The lowest BCUT2D eigenvalue weighted by Crippen LogP contribution is -2.04. The highest BCUT2D eigenvalue weighted by Gasteiger charge is 2.18. The minimum Gasteiger partial charge on any atom is -0.382 e. The molecule has 0 spiro atoms. The predicted molar refractivity (Wildman–Crippen MR) is 121 cm³/mol. The smallest absolute Gasteiger partial charge is 0.175 e. The molecular formula is C21H21Cl2N5S. The fourth-order valence-corrected chi connectivity index (χ4v) is 4.91. The highest BCUT2D eigenvalue weighted by Crippen LogP contribution is 2.36. The Kier molecular flexibility index (Phi) is 5.86. The molecule has 1 aromatic carbocycles. The molecule has 3 aromatic rings. The topological polar surface area (TPSA) is 69.6 Å². The van der Waals surface area contributed by atoms with E-state index in [1.54, 1.807) is 11.8 Å². The van der Waals surface area contributed by atoms with E-state index in [1.165, 1.54) is 6.33 Å². The minimum absolute atomic E-state index is 0.379. The molecule has 150 valence electrons. The van der Waals surface area contributed by atoms with Gasteiger partial charge in [-0.2, -0.15) is 0 Å². The fraction of sp³-hybridized carbons (Fsp3) is 0.286. The van der Waals surface area contributed by atoms with Gasteiger partial charge in [0, 0.05) is 21.5 Å². The number of fused-ring (bicyclic) bond motifs is 1. The first-order valence-corrected chi connectivity index (χ1v) is 11.0. The molecule has 5 nitrogen and oxygen atoms in total. The van der Waals surface area contributed by atoms with Crippen LogP contribution in [0.4, 0.5) is 5.82 Å². The van der Waals surface area contributed by atoms with Gasteiger partial charge in [0.25, 0.3) is 0 Å². The van der Waals surface area contributed by atoms with E-state index in [4.69, 9.17) is 33.9 Å². The van der Waals surface area contributed by atoms with Crippen LogP contribution in [0.25, 0.3) is 11.2 Å². The SMILES string of the molecule is Cc1cc(C)c(Sc2nc3c(N)ncnc3n2CCC2=CCCC=C2Cl)cc1Cl. The number of hydrogen-bond donors (Lipinski definition) is 1. The largest absolute Gasteiger partial charge is 0.382 e. The zero-order chi connectivity index (χ0) is 20.5. The lowest BCUT2D eigenvalue weighted by molar-refractivity contribution is 0.645. The number of allylic oxidation sites excluding steroid dienone is 4. The highest BCUT2D eigenvalue weighted by molar-refractivity contribution is 7.99. The molecule has 1 aliphatic carbocycles. The zero-order valence-electron chi connectivity index (χ0n) is 16.2. The minimum atomic E-state index is 0.379. The molecule has 0 bridgehead atoms. The number of benzene rings is 1. The summed E-state index contributed by atoms with van der Waals surface area (Å²) in [7, 11) is 0. The van der Waals surface area contributed by atoms with Gasteiger partial charge in [-0.3, -0.25) is 0 Å². The van der Waals surface area contributed by atoms with Crippen molar-refractivity contribution in [3.8, 4) is 0 Å². The quantitative estimate of drug-likeness (QED) is 0.516. The Morgan fingerprint density at radius 1 is 1.10 bits per heavy atom. The van der Waals surface area contributed by atoms with E-state index in [-0.39, 0.29) is 0 Å². The molecule has 0 amide bonds. The second-order valence-electron chi connectivity index (χ2n) is 7.05. The van der Waals surface area contributed by atoms with Gasteiger partial charge >= 0.3 is 0 Å². The Labute approximate surface area is 184 Å². The maximum atomic E-state index is 6.39. The summed E-state index contributed by atoms with van der Waals surface area (Å²) in [5.41, 5.74) is 10.8. The van der Waals surface area contributed by atoms with Gasteiger partial charge in [0.15, 0.2) is 22.1 Å². The van der Waals surface area contributed by atoms with Gasteiger partial charge < -0.3 is 10.3 Å². The standard InChI is InChI=1S/C21H21Cl2N5S/c1-12-9-13(2)17(10-16(12)23)29-21-27-18-19(24)25-11-26-20(18)28(21)8-7-14-5-3-4-6-15(14)22/h5-6,9-11H,3-4,7-8H2,1-2H3,(H2,24,25,26). The Morgan fingerprint density at radius 2 is 1.90 bits per heavy atom. The molecule has 0 unspecified atom stereocenters. The van der Waals surface area contributed by atoms with Crippen molar-refractivity contribution in [3.63, 3.8) is 0 Å². The van der Waals surface area contributed by atoms with E-state index < -0.39 is 0 Å². The van der Waals surface area contributed by atoms with Gasteiger partial charge in [0.05, 0.1) is 0 Å². The monoisotopic (exact) mass is 445 g/mol. The van der Waals surface area contributed by atoms with Crippen LogP contribution in [0.2, 0.25) is 5.02 Å². The van der Waals surface area contributed by atoms with E-state index in [0.29, 0.717) is 17.9 Å². The van der Waals surface area contributed by atoms with Crippen LogP contribution in [-0.2, 0) is 6.54 Å². The first-order chi connectivity index (χ1) is 13.9. The highest BCUT2D eigenvalue weighted by atomic mass is 35.5. The summed E-state index contributed by atoms with van der Waals surface area (Å²) in [6, 6.07) is 4.07. The van der Waals surface area contributed by atoms with Crippen LogP contribution in [0.15, 0.2) is 51.3 Å². The van der Waals surface area contributed by atoms with Crippen molar-refractivity contribution in [2.45, 2.75) is 49.7 Å². The molecule has 0 saturated heterocycles. The maximum absolute atomic E-state index is 6.39. The van der Waals surface area contributed by atoms with Gasteiger partial charge in [0.1, 0.15) is 6.33 Å². The van der Waals surface area contributed by atoms with Crippen LogP contribution in [0, 0.1) is 13.8 Å². The van der Waals surface area contributed by atoms with Gasteiger partial charge in [-0.25, -0.2) is 15.0 Å². The summed E-state index contributed by atoms with van der Waals surface area (Å²) in [6.45, 7) is 4.78. The molecule has 8 heteroatoms. The third-order valence-electron chi connectivity index (χ3n) is 4.98. The number of aryl methyl sites for hydroxylation is 3. The van der Waals surface area contributed by atoms with Crippen LogP contribution >= 0.6 is 35.0 Å². The Balaban J connectivity index is 1.72. The number of nitrogens with two attached hydrogens (primary N) is 1. The Bertz CT molecular complexity index is 1150. The first kappa shape index (κ1) is 20.3. The number of nitrogen functional groups attached to an aromatic ring is 1. The Morgan fingerprint density at radius 3 is 2.69 bits per heavy atom. The number of aromatic nitrogens is 4. The average Bonchev–Trinajstić information content (AvgIpc) is 3.04. The summed E-state index contributed by atoms with van der Waals surface area (Å²) in [4.78, 5) is 14.3. The van der Waals surface area contributed by atoms with Crippen molar-refractivity contribution < 1.29 is 0 Å². The van der Waals surface area contributed by atoms with Crippen molar-refractivity contribution in [2.24, 2.45) is 0 Å². The molecule has 2 N–H and O–H groups in total. The molecule has 29 heavy (non-hydrogen) atoms. The second kappa shape index (κ2) is 8.38. The molecule has 0 radical (unpaired) electrons. The summed E-state index contributed by atoms with van der Waals surface area (Å²) < 4.78 is 2.09. The van der Waals surface area contributed by atoms with Crippen molar-refractivity contribution in [1.29, 1.82) is 0 Å².